The summed E-state index contributed by atoms with van der Waals surface area (Å²) in [6.07, 6.45) is 1.31. The molecule has 88 valence electrons. The van der Waals surface area contributed by atoms with Gasteiger partial charge in [0, 0.05) is 28.2 Å². The summed E-state index contributed by atoms with van der Waals surface area (Å²) in [5.41, 5.74) is -0.435. The van der Waals surface area contributed by atoms with Gasteiger partial charge < -0.3 is 4.42 Å². The van der Waals surface area contributed by atoms with Crippen LogP contribution in [0.4, 0.5) is 0 Å². The van der Waals surface area contributed by atoms with E-state index in [0.717, 1.165) is 9.13 Å². The number of aromatic nitrogens is 2. The maximum Gasteiger partial charge on any atom is 0.425 e. The molecule has 0 amide bonds. The van der Waals surface area contributed by atoms with Gasteiger partial charge in [0.15, 0.2) is 0 Å². The fourth-order valence-electron chi connectivity index (χ4n) is 0.796. The number of aliphatic imine (C=N–C) groups is 1. The molecule has 0 unspecified atom stereocenters. The molecule has 0 radical (unpaired) electrons. The Hall–Kier alpha value is -2.21. The van der Waals surface area contributed by atoms with E-state index in [4.69, 9.17) is 4.79 Å². The molecule has 1 aromatic rings. The first-order valence-corrected chi connectivity index (χ1v) is 4.15. The Morgan fingerprint density at radius 2 is 1.69 bits per heavy atom. The Morgan fingerprint density at radius 1 is 1.19 bits per heavy atom. The van der Waals surface area contributed by atoms with E-state index < -0.39 is 11.4 Å². The second-order valence-electron chi connectivity index (χ2n) is 2.59. The quantitative estimate of drug-likeness (QED) is 0.384. The summed E-state index contributed by atoms with van der Waals surface area (Å²) in [5.74, 6) is -0.710. The monoisotopic (exact) mass is 228 g/mol. The van der Waals surface area contributed by atoms with Crippen LogP contribution in [0.5, 0.6) is 0 Å². The average Bonchev–Trinajstić information content (AvgIpc) is 2.31. The van der Waals surface area contributed by atoms with E-state index in [1.165, 1.54) is 34.3 Å². The third-order valence-corrected chi connectivity index (χ3v) is 1.60. The molecule has 0 spiro atoms. The van der Waals surface area contributed by atoms with Crippen molar-refractivity contribution in [3.05, 3.63) is 26.7 Å². The van der Waals surface area contributed by atoms with Crippen molar-refractivity contribution >= 4 is 6.08 Å². The topological polar surface area (TPSA) is 98.9 Å². The molecule has 0 aliphatic carbocycles. The molecule has 0 atom stereocenters. The number of hydrogen-bond donors (Lipinski definition) is 0. The van der Waals surface area contributed by atoms with Gasteiger partial charge in [-0.25, -0.2) is 28.9 Å². The van der Waals surface area contributed by atoms with Gasteiger partial charge >= 0.3 is 17.1 Å². The van der Waals surface area contributed by atoms with Crippen LogP contribution in [0.3, 0.4) is 0 Å². The van der Waals surface area contributed by atoms with Crippen LogP contribution >= 0.6 is 0 Å². The number of isocyanates is 1. The number of carbonyl (C=O) groups excluding carboxylic acids is 1. The lowest BCUT2D eigenvalue weighted by Gasteiger charge is -1.98. The molecule has 0 N–H and O–H groups in total. The molecule has 0 saturated heterocycles. The van der Waals surface area contributed by atoms with Crippen molar-refractivity contribution in [2.45, 2.75) is 0 Å². The second-order valence-corrected chi connectivity index (χ2v) is 2.59. The predicted molar refractivity (Wildman–Crippen MR) is 54.7 cm³/mol. The fourth-order valence-corrected chi connectivity index (χ4v) is 0.796. The maximum absolute atomic E-state index is 11.2. The number of hydrogen-bond acceptors (Lipinski definition) is 6. The Morgan fingerprint density at radius 3 is 2.06 bits per heavy atom. The van der Waals surface area contributed by atoms with Crippen molar-refractivity contribution in [3.63, 3.8) is 0 Å². The summed E-state index contributed by atoms with van der Waals surface area (Å²) in [6, 6.07) is 0. The molecule has 1 aromatic heterocycles. The Kier molecular flexibility index (Phi) is 5.44. The van der Waals surface area contributed by atoms with Crippen molar-refractivity contribution in [1.29, 1.82) is 0 Å². The van der Waals surface area contributed by atoms with Crippen LogP contribution < -0.4 is 17.1 Å². The molecule has 0 aromatic carbocycles. The zero-order valence-corrected chi connectivity index (χ0v) is 9.42. The van der Waals surface area contributed by atoms with E-state index in [1.807, 2.05) is 0 Å². The van der Waals surface area contributed by atoms with Crippen LogP contribution in [0.15, 0.2) is 24.0 Å². The maximum atomic E-state index is 11.2. The fraction of sp³-hybridized carbons (Fsp3) is 0.500. The predicted octanol–water partition coefficient (Wildman–Crippen LogP) is -1.84. The number of rotatable bonds is 0. The highest BCUT2D eigenvalue weighted by atomic mass is 16.4. The van der Waals surface area contributed by atoms with Gasteiger partial charge in [0.1, 0.15) is 0 Å². The first-order chi connectivity index (χ1) is 7.49. The van der Waals surface area contributed by atoms with Crippen molar-refractivity contribution in [2.24, 2.45) is 24.1 Å². The smallest absolute Gasteiger partial charge is 0.375 e. The minimum absolute atomic E-state index is 0.0168. The molecule has 8 nitrogen and oxygen atoms in total. The minimum Gasteiger partial charge on any atom is -0.375 e. The van der Waals surface area contributed by atoms with Crippen molar-refractivity contribution in [2.75, 3.05) is 14.1 Å². The largest absolute Gasteiger partial charge is 0.425 e. The van der Waals surface area contributed by atoms with E-state index in [2.05, 4.69) is 14.4 Å². The van der Waals surface area contributed by atoms with Gasteiger partial charge in [-0.15, -0.1) is 0 Å². The molecule has 0 saturated carbocycles. The van der Waals surface area contributed by atoms with E-state index in [9.17, 15) is 9.59 Å². The zero-order chi connectivity index (χ0) is 12.7. The van der Waals surface area contributed by atoms with Gasteiger partial charge in [-0.05, 0) is 0 Å². The van der Waals surface area contributed by atoms with Gasteiger partial charge in [-0.1, -0.05) is 0 Å². The van der Waals surface area contributed by atoms with Gasteiger partial charge in [-0.2, -0.15) is 0 Å². The lowest BCUT2D eigenvalue weighted by molar-refractivity contribution is 0.338. The van der Waals surface area contributed by atoms with Gasteiger partial charge in [0.2, 0.25) is 6.08 Å². The average molecular weight is 228 g/mol. The molecule has 0 aliphatic heterocycles. The highest BCUT2D eigenvalue weighted by Crippen LogP contribution is 1.59. The Labute approximate surface area is 90.2 Å². The summed E-state index contributed by atoms with van der Waals surface area (Å²) in [6.45, 7) is 0. The Balaban J connectivity index is 0.000000487. The van der Waals surface area contributed by atoms with E-state index in [0.29, 0.717) is 0 Å². The Bertz CT molecular complexity index is 571. The molecular weight excluding hydrogens is 216 g/mol. The van der Waals surface area contributed by atoms with Gasteiger partial charge in [-0.3, -0.25) is 4.57 Å². The van der Waals surface area contributed by atoms with Crippen LogP contribution in [-0.4, -0.2) is 29.3 Å². The number of nitrogens with zero attached hydrogens (tertiary/aromatic N) is 4. The van der Waals surface area contributed by atoms with Crippen molar-refractivity contribution in [3.8, 4) is 0 Å². The summed E-state index contributed by atoms with van der Waals surface area (Å²) >= 11 is 0. The first-order valence-electron chi connectivity index (χ1n) is 4.15. The molecule has 16 heavy (non-hydrogen) atoms. The molecule has 0 fully saturated rings. The SMILES string of the molecule is CN=C=O.CN=c1oc(=O)n(C)c(=O)n1C. The molecule has 0 aliphatic rings. The molecule has 1 heterocycles. The first kappa shape index (κ1) is 13.8. The lowest BCUT2D eigenvalue weighted by atomic mass is 10.9. The van der Waals surface area contributed by atoms with Crippen LogP contribution in [0, 0.1) is 0 Å². The summed E-state index contributed by atoms with van der Waals surface area (Å²) in [4.78, 5) is 37.5. The molecular formula is C8H12N4O4. The summed E-state index contributed by atoms with van der Waals surface area (Å²) in [7, 11) is 5.64. The zero-order valence-electron chi connectivity index (χ0n) is 9.42. The molecule has 8 heteroatoms. The van der Waals surface area contributed by atoms with Crippen LogP contribution in [0.25, 0.3) is 0 Å². The third-order valence-electron chi connectivity index (χ3n) is 1.60. The summed E-state index contributed by atoms with van der Waals surface area (Å²) in [5, 5.41) is 0. The van der Waals surface area contributed by atoms with E-state index in [1.54, 1.807) is 0 Å². The van der Waals surface area contributed by atoms with Crippen LogP contribution in [0.2, 0.25) is 0 Å². The third kappa shape index (κ3) is 3.18. The van der Waals surface area contributed by atoms with Crippen molar-refractivity contribution in [1.82, 2.24) is 9.13 Å². The van der Waals surface area contributed by atoms with Crippen molar-refractivity contribution < 1.29 is 9.21 Å². The van der Waals surface area contributed by atoms with Crippen LogP contribution in [-0.2, 0) is 18.9 Å². The normalized spacial score (nSPS) is 10.1. The standard InChI is InChI=1S/C6H9N3O3.C2H3NO/c1-7-4-8(2)5(10)9(3)6(11)12-4;1-3-2-4/h1-3H3;1H3. The minimum atomic E-state index is -0.710. The summed E-state index contributed by atoms with van der Waals surface area (Å²) < 4.78 is 6.70. The van der Waals surface area contributed by atoms with Gasteiger partial charge in [0.05, 0.1) is 0 Å². The van der Waals surface area contributed by atoms with Gasteiger partial charge in [0.25, 0.3) is 0 Å². The van der Waals surface area contributed by atoms with Crippen LogP contribution in [0.1, 0.15) is 0 Å². The second kappa shape index (κ2) is 6.31. The van der Waals surface area contributed by atoms with E-state index in [-0.39, 0.29) is 5.68 Å². The molecule has 0 bridgehead atoms. The highest BCUT2D eigenvalue weighted by molar-refractivity contribution is 5.32. The van der Waals surface area contributed by atoms with E-state index >= 15 is 0 Å². The molecule has 1 rings (SSSR count). The highest BCUT2D eigenvalue weighted by Gasteiger charge is 2.01. The lowest BCUT2D eigenvalue weighted by Crippen LogP contribution is -2.44.